The Labute approximate surface area is 231 Å². The minimum absolute atomic E-state index is 0.0753. The molecule has 1 aliphatic heterocycles. The Kier molecular flexibility index (Phi) is 9.20. The monoisotopic (exact) mass is 554 g/mol. The summed E-state index contributed by atoms with van der Waals surface area (Å²) >= 11 is 12.3. The van der Waals surface area contributed by atoms with E-state index in [0.717, 1.165) is 16.7 Å². The number of phenolic OH excluding ortho intramolecular Hbond substituents is 1. The number of hydrogen-bond donors (Lipinski definition) is 2. The lowest BCUT2D eigenvalue weighted by atomic mass is 10.0. The van der Waals surface area contributed by atoms with Gasteiger partial charge in [0.25, 0.3) is 0 Å². The van der Waals surface area contributed by atoms with Crippen molar-refractivity contribution in [1.29, 1.82) is 0 Å². The van der Waals surface area contributed by atoms with Gasteiger partial charge in [0.1, 0.15) is 11.8 Å². The molecule has 1 fully saturated rings. The number of hydrogen-bond acceptors (Lipinski definition) is 5. The third-order valence-electron chi connectivity index (χ3n) is 6.44. The molecule has 1 unspecified atom stereocenters. The number of halogens is 2. The first-order valence-corrected chi connectivity index (χ1v) is 13.0. The molecule has 2 aromatic carbocycles. The summed E-state index contributed by atoms with van der Waals surface area (Å²) < 4.78 is 0. The maximum absolute atomic E-state index is 13.6. The minimum Gasteiger partial charge on any atom is -0.508 e. The lowest BCUT2D eigenvalue weighted by Crippen LogP contribution is -2.60. The van der Waals surface area contributed by atoms with Crippen molar-refractivity contribution in [2.24, 2.45) is 0 Å². The quantitative estimate of drug-likeness (QED) is 0.398. The molecule has 1 saturated heterocycles. The molecule has 1 aromatic heterocycles. The summed E-state index contributed by atoms with van der Waals surface area (Å²) in [5, 5.41) is 13.3. The van der Waals surface area contributed by atoms with Crippen molar-refractivity contribution in [3.05, 3.63) is 93.7 Å². The van der Waals surface area contributed by atoms with Crippen LogP contribution in [0.25, 0.3) is 0 Å². The summed E-state index contributed by atoms with van der Waals surface area (Å²) in [5.41, 5.74) is 2.60. The average molecular weight is 555 g/mol. The van der Waals surface area contributed by atoms with Crippen LogP contribution in [0.2, 0.25) is 10.0 Å². The first kappa shape index (κ1) is 27.4. The van der Waals surface area contributed by atoms with Crippen LogP contribution in [0.15, 0.2) is 67.0 Å². The van der Waals surface area contributed by atoms with E-state index in [4.69, 9.17) is 23.2 Å². The van der Waals surface area contributed by atoms with Crippen LogP contribution in [0.1, 0.15) is 23.1 Å². The Balaban J connectivity index is 1.44. The molecule has 2 heterocycles. The zero-order valence-corrected chi connectivity index (χ0v) is 22.2. The smallest absolute Gasteiger partial charge is 0.246 e. The van der Waals surface area contributed by atoms with E-state index in [2.05, 4.69) is 10.3 Å². The van der Waals surface area contributed by atoms with Gasteiger partial charge >= 0.3 is 0 Å². The van der Waals surface area contributed by atoms with E-state index in [0.29, 0.717) is 29.4 Å². The number of amides is 3. The Morgan fingerprint density at radius 3 is 2.45 bits per heavy atom. The second kappa shape index (κ2) is 12.8. The van der Waals surface area contributed by atoms with Gasteiger partial charge in [0, 0.05) is 42.1 Å². The molecule has 2 N–H and O–H groups in total. The zero-order chi connectivity index (χ0) is 27.1. The molecule has 3 aromatic rings. The van der Waals surface area contributed by atoms with Gasteiger partial charge in [-0.15, -0.1) is 0 Å². The van der Waals surface area contributed by atoms with Crippen LogP contribution in [-0.2, 0) is 33.8 Å². The van der Waals surface area contributed by atoms with Crippen molar-refractivity contribution in [3.8, 4) is 5.75 Å². The maximum atomic E-state index is 13.6. The summed E-state index contributed by atoms with van der Waals surface area (Å²) in [5.74, 6) is -0.657. The number of phenols is 1. The van der Waals surface area contributed by atoms with Gasteiger partial charge in [-0.1, -0.05) is 41.4 Å². The highest BCUT2D eigenvalue weighted by molar-refractivity contribution is 6.35. The SMILES string of the molecule is O=C(CC1C(=O)N(CCc2ccc(Cl)cc2Cl)CC(=O)N1Cc1ccncc1)NCCc1ccc(O)cc1. The highest BCUT2D eigenvalue weighted by atomic mass is 35.5. The van der Waals surface area contributed by atoms with E-state index in [1.165, 1.54) is 9.80 Å². The predicted octanol–water partition coefficient (Wildman–Crippen LogP) is 3.63. The number of carbonyl (C=O) groups is 3. The molecule has 10 heteroatoms. The van der Waals surface area contributed by atoms with Crippen LogP contribution < -0.4 is 5.32 Å². The van der Waals surface area contributed by atoms with Crippen molar-refractivity contribution >= 4 is 40.9 Å². The van der Waals surface area contributed by atoms with Gasteiger partial charge in [0.2, 0.25) is 17.7 Å². The van der Waals surface area contributed by atoms with Gasteiger partial charge in [-0.2, -0.15) is 0 Å². The summed E-state index contributed by atoms with van der Waals surface area (Å²) in [6, 6.07) is 14.5. The second-order valence-electron chi connectivity index (χ2n) is 9.11. The van der Waals surface area contributed by atoms with Crippen LogP contribution in [0.5, 0.6) is 5.75 Å². The van der Waals surface area contributed by atoms with Crippen molar-refractivity contribution in [1.82, 2.24) is 20.1 Å². The molecular formula is C28H28Cl2N4O4. The largest absolute Gasteiger partial charge is 0.508 e. The molecular weight excluding hydrogens is 527 g/mol. The minimum atomic E-state index is -0.932. The molecule has 0 aliphatic carbocycles. The summed E-state index contributed by atoms with van der Waals surface area (Å²) in [4.78, 5) is 46.6. The number of pyridine rings is 1. The number of benzene rings is 2. The second-order valence-corrected chi connectivity index (χ2v) is 9.95. The van der Waals surface area contributed by atoms with Crippen LogP contribution >= 0.6 is 23.2 Å². The first-order valence-electron chi connectivity index (χ1n) is 12.3. The normalized spacial score (nSPS) is 15.6. The van der Waals surface area contributed by atoms with Crippen LogP contribution in [-0.4, -0.2) is 63.3 Å². The van der Waals surface area contributed by atoms with Crippen molar-refractivity contribution < 1.29 is 19.5 Å². The van der Waals surface area contributed by atoms with E-state index in [-0.39, 0.29) is 49.5 Å². The third kappa shape index (κ3) is 7.24. The Morgan fingerprint density at radius 1 is 1.00 bits per heavy atom. The Morgan fingerprint density at radius 2 is 1.74 bits per heavy atom. The van der Waals surface area contributed by atoms with Gasteiger partial charge in [0.05, 0.1) is 13.0 Å². The molecule has 4 rings (SSSR count). The number of carbonyl (C=O) groups excluding carboxylic acids is 3. The van der Waals surface area contributed by atoms with E-state index < -0.39 is 6.04 Å². The highest BCUT2D eigenvalue weighted by Gasteiger charge is 2.40. The third-order valence-corrected chi connectivity index (χ3v) is 7.03. The number of rotatable bonds is 10. The summed E-state index contributed by atoms with van der Waals surface area (Å²) in [6.45, 7) is 0.777. The Hall–Kier alpha value is -3.62. The molecule has 0 radical (unpaired) electrons. The predicted molar refractivity (Wildman–Crippen MR) is 145 cm³/mol. The van der Waals surface area contributed by atoms with E-state index in [1.807, 2.05) is 0 Å². The lowest BCUT2D eigenvalue weighted by molar-refractivity contribution is -0.157. The number of nitrogens with one attached hydrogen (secondary N) is 1. The van der Waals surface area contributed by atoms with Crippen LogP contribution in [0.4, 0.5) is 0 Å². The Bertz CT molecular complexity index is 1290. The van der Waals surface area contributed by atoms with Crippen LogP contribution in [0, 0.1) is 0 Å². The number of aromatic nitrogens is 1. The van der Waals surface area contributed by atoms with Gasteiger partial charge < -0.3 is 20.2 Å². The van der Waals surface area contributed by atoms with E-state index in [1.54, 1.807) is 67.0 Å². The average Bonchev–Trinajstić information content (AvgIpc) is 2.90. The molecule has 198 valence electrons. The van der Waals surface area contributed by atoms with Crippen molar-refractivity contribution in [2.45, 2.75) is 31.8 Å². The fourth-order valence-corrected chi connectivity index (χ4v) is 4.86. The fraction of sp³-hybridized carbons (Fsp3) is 0.286. The standard InChI is InChI=1S/C28H28Cl2N4O4/c29-22-4-3-21(24(30)15-22)10-14-33-18-27(37)34(17-20-7-11-31-12-8-20)25(28(33)38)16-26(36)32-13-9-19-1-5-23(35)6-2-19/h1-8,11-12,15,25,35H,9-10,13-14,16-18H2,(H,32,36). The first-order chi connectivity index (χ1) is 18.3. The lowest BCUT2D eigenvalue weighted by Gasteiger charge is -2.40. The number of aromatic hydroxyl groups is 1. The van der Waals surface area contributed by atoms with E-state index >= 15 is 0 Å². The molecule has 1 atom stereocenters. The van der Waals surface area contributed by atoms with Crippen molar-refractivity contribution in [2.75, 3.05) is 19.6 Å². The zero-order valence-electron chi connectivity index (χ0n) is 20.6. The molecule has 8 nitrogen and oxygen atoms in total. The molecule has 0 bridgehead atoms. The summed E-state index contributed by atoms with van der Waals surface area (Å²) in [6.07, 6.45) is 4.12. The molecule has 0 spiro atoms. The number of nitrogens with zero attached hydrogens (tertiary/aromatic N) is 3. The molecule has 1 aliphatic rings. The van der Waals surface area contributed by atoms with Gasteiger partial charge in [0.15, 0.2) is 0 Å². The summed E-state index contributed by atoms with van der Waals surface area (Å²) in [7, 11) is 0. The molecule has 3 amide bonds. The fourth-order valence-electron chi connectivity index (χ4n) is 4.36. The van der Waals surface area contributed by atoms with Crippen molar-refractivity contribution in [3.63, 3.8) is 0 Å². The maximum Gasteiger partial charge on any atom is 0.246 e. The topological polar surface area (TPSA) is 103 Å². The highest BCUT2D eigenvalue weighted by Crippen LogP contribution is 2.23. The van der Waals surface area contributed by atoms with Gasteiger partial charge in [-0.05, 0) is 65.9 Å². The van der Waals surface area contributed by atoms with Gasteiger partial charge in [-0.3, -0.25) is 19.4 Å². The number of piperazine rings is 1. The molecule has 0 saturated carbocycles. The van der Waals surface area contributed by atoms with Gasteiger partial charge in [-0.25, -0.2) is 0 Å². The van der Waals surface area contributed by atoms with Crippen LogP contribution in [0.3, 0.4) is 0 Å². The molecule has 38 heavy (non-hydrogen) atoms. The van der Waals surface area contributed by atoms with E-state index in [9.17, 15) is 19.5 Å².